The van der Waals surface area contributed by atoms with E-state index < -0.39 is 5.91 Å². The molecule has 216 valence electrons. The molecule has 0 aliphatic rings. The van der Waals surface area contributed by atoms with Crippen LogP contribution in [0.2, 0.25) is 0 Å². The predicted molar refractivity (Wildman–Crippen MR) is 166 cm³/mol. The van der Waals surface area contributed by atoms with Crippen LogP contribution in [-0.4, -0.2) is 33.1 Å². The van der Waals surface area contributed by atoms with E-state index in [1.807, 2.05) is 66.7 Å². The number of phenolic OH excluding ortho intramolecular Hbond substituents is 1. The van der Waals surface area contributed by atoms with Crippen molar-refractivity contribution in [3.05, 3.63) is 127 Å². The summed E-state index contributed by atoms with van der Waals surface area (Å²) in [5.41, 5.74) is 7.41. The van der Waals surface area contributed by atoms with E-state index in [2.05, 4.69) is 0 Å². The topological polar surface area (TPSA) is 130 Å². The standard InChI is InChI=1S/C35H26N4O5/c1-42-25-17-18-26(29(40)19-25)34-37-33(22-11-5-2-6-12-22)38-35(39-34)28-21-30(43-23-13-7-3-8-14-23)27(32(36)41)20-31(28)44-24-15-9-4-10-16-24/h2-21,40H,1H3,(H2,36,41). The van der Waals surface area contributed by atoms with Crippen molar-refractivity contribution >= 4 is 5.91 Å². The van der Waals surface area contributed by atoms with E-state index in [0.29, 0.717) is 34.2 Å². The maximum Gasteiger partial charge on any atom is 0.252 e. The van der Waals surface area contributed by atoms with Crippen LogP contribution in [0.25, 0.3) is 34.2 Å². The highest BCUT2D eigenvalue weighted by atomic mass is 16.5. The molecule has 0 saturated carbocycles. The number of nitrogens with zero attached hydrogens (tertiary/aromatic N) is 3. The predicted octanol–water partition coefficient (Wildman–Crippen LogP) is 7.27. The van der Waals surface area contributed by atoms with Crippen LogP contribution in [0.5, 0.6) is 34.5 Å². The fourth-order valence-corrected chi connectivity index (χ4v) is 4.49. The van der Waals surface area contributed by atoms with Gasteiger partial charge in [-0.05, 0) is 48.5 Å². The number of methoxy groups -OCH3 is 1. The van der Waals surface area contributed by atoms with E-state index in [0.717, 1.165) is 5.56 Å². The summed E-state index contributed by atoms with van der Waals surface area (Å²) in [4.78, 5) is 26.9. The molecule has 0 atom stereocenters. The van der Waals surface area contributed by atoms with Crippen molar-refractivity contribution < 1.29 is 24.1 Å². The minimum absolute atomic E-state index is 0.0709. The number of nitrogens with two attached hydrogens (primary N) is 1. The molecule has 44 heavy (non-hydrogen) atoms. The Morgan fingerprint density at radius 1 is 0.614 bits per heavy atom. The Hall–Kier alpha value is -6.22. The normalized spacial score (nSPS) is 10.7. The summed E-state index contributed by atoms with van der Waals surface area (Å²) in [6, 6.07) is 35.5. The first-order chi connectivity index (χ1) is 21.5. The molecule has 0 radical (unpaired) electrons. The summed E-state index contributed by atoms with van der Waals surface area (Å²) in [5.74, 6) is 1.96. The highest BCUT2D eigenvalue weighted by Crippen LogP contribution is 2.40. The van der Waals surface area contributed by atoms with E-state index >= 15 is 0 Å². The zero-order valence-corrected chi connectivity index (χ0v) is 23.5. The molecule has 0 spiro atoms. The summed E-state index contributed by atoms with van der Waals surface area (Å²) in [5, 5.41) is 10.9. The molecule has 0 aliphatic heterocycles. The molecular weight excluding hydrogens is 556 g/mol. The summed E-state index contributed by atoms with van der Waals surface area (Å²) < 4.78 is 17.7. The average molecular weight is 583 g/mol. The zero-order chi connectivity index (χ0) is 30.5. The van der Waals surface area contributed by atoms with Gasteiger partial charge < -0.3 is 25.1 Å². The maximum atomic E-state index is 12.6. The molecule has 1 heterocycles. The van der Waals surface area contributed by atoms with E-state index in [-0.39, 0.29) is 34.5 Å². The number of carbonyl (C=O) groups is 1. The van der Waals surface area contributed by atoms with Crippen molar-refractivity contribution in [2.75, 3.05) is 7.11 Å². The van der Waals surface area contributed by atoms with Crippen LogP contribution >= 0.6 is 0 Å². The summed E-state index contributed by atoms with van der Waals surface area (Å²) in [7, 11) is 1.52. The van der Waals surface area contributed by atoms with Crippen molar-refractivity contribution in [1.82, 2.24) is 15.0 Å². The van der Waals surface area contributed by atoms with Gasteiger partial charge in [0.05, 0.1) is 23.8 Å². The molecule has 0 saturated heterocycles. The number of benzene rings is 5. The molecule has 0 unspecified atom stereocenters. The van der Waals surface area contributed by atoms with Crippen LogP contribution in [0.15, 0.2) is 121 Å². The number of phenols is 1. The lowest BCUT2D eigenvalue weighted by molar-refractivity contribution is 0.0997. The summed E-state index contributed by atoms with van der Waals surface area (Å²) in [6.07, 6.45) is 0. The third-order valence-corrected chi connectivity index (χ3v) is 6.64. The SMILES string of the molecule is COc1ccc(-c2nc(-c3ccccc3)nc(-c3cc(Oc4ccccc4)c(C(N)=O)cc3Oc3ccccc3)n2)c(O)c1. The third kappa shape index (κ3) is 6.02. The molecule has 6 rings (SSSR count). The number of rotatable bonds is 9. The van der Waals surface area contributed by atoms with E-state index in [4.69, 9.17) is 34.9 Å². The fourth-order valence-electron chi connectivity index (χ4n) is 4.49. The number of aromatic nitrogens is 3. The van der Waals surface area contributed by atoms with Gasteiger partial charge in [-0.2, -0.15) is 0 Å². The van der Waals surface area contributed by atoms with Crippen molar-refractivity contribution in [3.63, 3.8) is 0 Å². The number of hydrogen-bond donors (Lipinski definition) is 2. The first-order valence-corrected chi connectivity index (χ1v) is 13.6. The Balaban J connectivity index is 1.60. The lowest BCUT2D eigenvalue weighted by Crippen LogP contribution is -2.13. The van der Waals surface area contributed by atoms with E-state index in [9.17, 15) is 9.90 Å². The van der Waals surface area contributed by atoms with Gasteiger partial charge in [-0.1, -0.05) is 66.7 Å². The first-order valence-electron chi connectivity index (χ1n) is 13.6. The van der Waals surface area contributed by atoms with Crippen molar-refractivity contribution in [2.45, 2.75) is 0 Å². The first kappa shape index (κ1) is 27.9. The number of hydrogen-bond acceptors (Lipinski definition) is 8. The minimum Gasteiger partial charge on any atom is -0.507 e. The van der Waals surface area contributed by atoms with Gasteiger partial charge in [-0.3, -0.25) is 4.79 Å². The number of primary amides is 1. The number of para-hydroxylation sites is 2. The van der Waals surface area contributed by atoms with Crippen LogP contribution < -0.4 is 19.9 Å². The molecule has 0 fully saturated rings. The van der Waals surface area contributed by atoms with Gasteiger partial charge in [-0.15, -0.1) is 0 Å². The van der Waals surface area contributed by atoms with E-state index in [1.54, 1.807) is 42.5 Å². The van der Waals surface area contributed by atoms with Gasteiger partial charge in [0.15, 0.2) is 17.5 Å². The van der Waals surface area contributed by atoms with Crippen molar-refractivity contribution in [2.24, 2.45) is 5.73 Å². The summed E-state index contributed by atoms with van der Waals surface area (Å²) >= 11 is 0. The molecule has 9 heteroatoms. The lowest BCUT2D eigenvalue weighted by atomic mass is 10.1. The van der Waals surface area contributed by atoms with Crippen LogP contribution in [0.1, 0.15) is 10.4 Å². The molecule has 5 aromatic carbocycles. The van der Waals surface area contributed by atoms with E-state index in [1.165, 1.54) is 19.2 Å². The molecule has 1 aromatic heterocycles. The van der Waals surface area contributed by atoms with Gasteiger partial charge in [0, 0.05) is 11.6 Å². The van der Waals surface area contributed by atoms with Crippen LogP contribution in [-0.2, 0) is 0 Å². The second-order valence-electron chi connectivity index (χ2n) is 9.59. The molecule has 1 amide bonds. The Bertz CT molecular complexity index is 1930. The highest BCUT2D eigenvalue weighted by Gasteiger charge is 2.23. The number of carbonyl (C=O) groups excluding carboxylic acids is 1. The second kappa shape index (κ2) is 12.3. The van der Waals surface area contributed by atoms with Gasteiger partial charge in [0.1, 0.15) is 34.5 Å². The Morgan fingerprint density at radius 3 is 1.73 bits per heavy atom. The second-order valence-corrected chi connectivity index (χ2v) is 9.59. The molecule has 6 aromatic rings. The maximum absolute atomic E-state index is 12.6. The fraction of sp³-hybridized carbons (Fsp3) is 0.0286. The van der Waals surface area contributed by atoms with Gasteiger partial charge >= 0.3 is 0 Å². The van der Waals surface area contributed by atoms with Crippen LogP contribution in [0.3, 0.4) is 0 Å². The molecule has 0 bridgehead atoms. The van der Waals surface area contributed by atoms with Crippen molar-refractivity contribution in [1.29, 1.82) is 0 Å². The average Bonchev–Trinajstić information content (AvgIpc) is 3.06. The monoisotopic (exact) mass is 582 g/mol. The largest absolute Gasteiger partial charge is 0.507 e. The highest BCUT2D eigenvalue weighted by molar-refractivity contribution is 5.97. The minimum atomic E-state index is -0.704. The van der Waals surface area contributed by atoms with Gasteiger partial charge in [0.25, 0.3) is 5.91 Å². The number of aromatic hydroxyl groups is 1. The Morgan fingerprint density at radius 2 is 1.16 bits per heavy atom. The molecular formula is C35H26N4O5. The third-order valence-electron chi connectivity index (χ3n) is 6.64. The summed E-state index contributed by atoms with van der Waals surface area (Å²) in [6.45, 7) is 0. The molecule has 0 aliphatic carbocycles. The molecule has 9 nitrogen and oxygen atoms in total. The molecule has 3 N–H and O–H groups in total. The smallest absolute Gasteiger partial charge is 0.252 e. The van der Waals surface area contributed by atoms with Crippen LogP contribution in [0, 0.1) is 0 Å². The van der Waals surface area contributed by atoms with Crippen LogP contribution in [0.4, 0.5) is 0 Å². The number of ether oxygens (including phenoxy) is 3. The quantitative estimate of drug-likeness (QED) is 0.182. The van der Waals surface area contributed by atoms with Gasteiger partial charge in [-0.25, -0.2) is 15.0 Å². The lowest BCUT2D eigenvalue weighted by Gasteiger charge is -2.17. The van der Waals surface area contributed by atoms with Gasteiger partial charge in [0.2, 0.25) is 0 Å². The van der Waals surface area contributed by atoms with Crippen molar-refractivity contribution in [3.8, 4) is 68.7 Å². The Kier molecular flexibility index (Phi) is 7.83. The number of amides is 1. The zero-order valence-electron chi connectivity index (χ0n) is 23.5. The Labute approximate surface area is 253 Å².